The highest BCUT2D eigenvalue weighted by Crippen LogP contribution is 2.19. The van der Waals surface area contributed by atoms with Crippen LogP contribution in [0.15, 0.2) is 64.2 Å². The topological polar surface area (TPSA) is 65.2 Å². The van der Waals surface area contributed by atoms with Gasteiger partial charge in [0.2, 0.25) is 0 Å². The molecule has 0 saturated carbocycles. The number of nitrogens with zero attached hydrogens (tertiary/aromatic N) is 2. The number of carbonyl (C=O) groups excluding carboxylic acids is 1. The van der Waals surface area contributed by atoms with Crippen LogP contribution in [0.2, 0.25) is 0 Å². The normalized spacial score (nSPS) is 10.5. The molecule has 0 atom stereocenters. The van der Waals surface area contributed by atoms with E-state index in [-0.39, 0.29) is 29.2 Å². The minimum atomic E-state index is -0.376. The molecule has 1 aromatic heterocycles. The van der Waals surface area contributed by atoms with Gasteiger partial charge < -0.3 is 9.15 Å². The Hall–Kier alpha value is -2.67. The van der Waals surface area contributed by atoms with Gasteiger partial charge in [0.15, 0.2) is 12.4 Å². The summed E-state index contributed by atoms with van der Waals surface area (Å²) in [5.41, 5.74) is 0.441. The second kappa shape index (κ2) is 7.74. The number of ketones is 1. The zero-order chi connectivity index (χ0) is 16.8. The molecule has 0 aliphatic carbocycles. The Morgan fingerprint density at radius 2 is 1.83 bits per heavy atom. The highest BCUT2D eigenvalue weighted by molar-refractivity contribution is 7.99. The van der Waals surface area contributed by atoms with Crippen LogP contribution < -0.4 is 4.74 Å². The van der Waals surface area contributed by atoms with E-state index >= 15 is 0 Å². The SMILES string of the molecule is O=C(CSc1nnc(COc2ccccc2)o1)c1ccc(F)cc1. The lowest BCUT2D eigenvalue weighted by molar-refractivity contribution is 0.102. The van der Waals surface area contributed by atoms with E-state index < -0.39 is 0 Å². The van der Waals surface area contributed by atoms with E-state index in [1.54, 1.807) is 0 Å². The van der Waals surface area contributed by atoms with Crippen molar-refractivity contribution in [2.75, 3.05) is 5.75 Å². The minimum absolute atomic E-state index is 0.132. The molecule has 5 nitrogen and oxygen atoms in total. The van der Waals surface area contributed by atoms with Crippen LogP contribution >= 0.6 is 11.8 Å². The number of thioether (sulfide) groups is 1. The molecular formula is C17H13FN2O3S. The monoisotopic (exact) mass is 344 g/mol. The Labute approximate surface area is 141 Å². The molecule has 0 N–H and O–H groups in total. The smallest absolute Gasteiger partial charge is 0.277 e. The van der Waals surface area contributed by atoms with Crippen LogP contribution in [-0.4, -0.2) is 21.7 Å². The van der Waals surface area contributed by atoms with Gasteiger partial charge in [-0.15, -0.1) is 10.2 Å². The number of aromatic nitrogens is 2. The van der Waals surface area contributed by atoms with Gasteiger partial charge in [0.1, 0.15) is 11.6 Å². The molecule has 0 bridgehead atoms. The Kier molecular flexibility index (Phi) is 5.22. The van der Waals surface area contributed by atoms with Gasteiger partial charge in [0.05, 0.1) is 5.75 Å². The second-order valence-corrected chi connectivity index (χ2v) is 5.71. The summed E-state index contributed by atoms with van der Waals surface area (Å²) >= 11 is 1.13. The van der Waals surface area contributed by atoms with Gasteiger partial charge in [-0.1, -0.05) is 30.0 Å². The number of hydrogen-bond acceptors (Lipinski definition) is 6. The summed E-state index contributed by atoms with van der Waals surface area (Å²) in [5, 5.41) is 8.02. The average Bonchev–Trinajstić information content (AvgIpc) is 3.07. The van der Waals surface area contributed by atoms with Gasteiger partial charge in [-0.05, 0) is 36.4 Å². The number of para-hydroxylation sites is 1. The van der Waals surface area contributed by atoms with Crippen LogP contribution in [-0.2, 0) is 6.61 Å². The van der Waals surface area contributed by atoms with E-state index in [0.29, 0.717) is 17.2 Å². The van der Waals surface area contributed by atoms with Gasteiger partial charge in [-0.3, -0.25) is 4.79 Å². The fourth-order valence-electron chi connectivity index (χ4n) is 1.86. The Balaban J connectivity index is 1.50. The summed E-state index contributed by atoms with van der Waals surface area (Å²) in [7, 11) is 0. The third-order valence-corrected chi connectivity index (χ3v) is 3.87. The van der Waals surface area contributed by atoms with Gasteiger partial charge in [-0.25, -0.2) is 4.39 Å². The summed E-state index contributed by atoms with van der Waals surface area (Å²) in [6, 6.07) is 14.7. The minimum Gasteiger partial charge on any atom is -0.484 e. The molecule has 0 aliphatic rings. The summed E-state index contributed by atoms with van der Waals surface area (Å²) < 4.78 is 23.8. The van der Waals surface area contributed by atoms with Crippen molar-refractivity contribution >= 4 is 17.5 Å². The molecule has 0 amide bonds. The summed E-state index contributed by atoms with van der Waals surface area (Å²) in [5.74, 6) is 0.652. The van der Waals surface area contributed by atoms with E-state index in [1.807, 2.05) is 30.3 Å². The third kappa shape index (κ3) is 4.42. The largest absolute Gasteiger partial charge is 0.484 e. The number of carbonyl (C=O) groups is 1. The molecule has 2 aromatic carbocycles. The fraction of sp³-hybridized carbons (Fsp3) is 0.118. The van der Waals surface area contributed by atoms with Crippen molar-refractivity contribution in [1.82, 2.24) is 10.2 Å². The van der Waals surface area contributed by atoms with Crippen LogP contribution in [0.1, 0.15) is 16.2 Å². The predicted molar refractivity (Wildman–Crippen MR) is 86.5 cm³/mol. The first-order valence-electron chi connectivity index (χ1n) is 7.12. The van der Waals surface area contributed by atoms with Gasteiger partial charge >= 0.3 is 0 Å². The molecule has 122 valence electrons. The van der Waals surface area contributed by atoms with E-state index in [1.165, 1.54) is 24.3 Å². The lowest BCUT2D eigenvalue weighted by atomic mass is 10.1. The van der Waals surface area contributed by atoms with Crippen LogP contribution in [0, 0.1) is 5.82 Å². The number of halogens is 1. The molecular weight excluding hydrogens is 331 g/mol. The second-order valence-electron chi connectivity index (χ2n) is 4.78. The first-order valence-corrected chi connectivity index (χ1v) is 8.11. The van der Waals surface area contributed by atoms with E-state index in [4.69, 9.17) is 9.15 Å². The summed E-state index contributed by atoms with van der Waals surface area (Å²) in [6.45, 7) is 0.156. The quantitative estimate of drug-likeness (QED) is 0.480. The van der Waals surface area contributed by atoms with E-state index in [0.717, 1.165) is 11.8 Å². The fourth-order valence-corrected chi connectivity index (χ4v) is 2.54. The van der Waals surface area contributed by atoms with E-state index in [2.05, 4.69) is 10.2 Å². The van der Waals surface area contributed by atoms with Crippen molar-refractivity contribution in [2.24, 2.45) is 0 Å². The lowest BCUT2D eigenvalue weighted by Crippen LogP contribution is -2.02. The van der Waals surface area contributed by atoms with Crippen molar-refractivity contribution in [2.45, 2.75) is 11.8 Å². The first-order chi connectivity index (χ1) is 11.7. The van der Waals surface area contributed by atoms with Crippen molar-refractivity contribution in [1.29, 1.82) is 0 Å². The van der Waals surface area contributed by atoms with Crippen LogP contribution in [0.25, 0.3) is 0 Å². The van der Waals surface area contributed by atoms with Crippen molar-refractivity contribution in [3.05, 3.63) is 71.9 Å². The van der Waals surface area contributed by atoms with Gasteiger partial charge in [-0.2, -0.15) is 0 Å². The van der Waals surface area contributed by atoms with Crippen LogP contribution in [0.5, 0.6) is 5.75 Å². The molecule has 0 fully saturated rings. The molecule has 0 spiro atoms. The molecule has 7 heteroatoms. The van der Waals surface area contributed by atoms with Crippen molar-refractivity contribution < 1.29 is 18.3 Å². The molecule has 0 aliphatic heterocycles. The molecule has 24 heavy (non-hydrogen) atoms. The van der Waals surface area contributed by atoms with E-state index in [9.17, 15) is 9.18 Å². The lowest BCUT2D eigenvalue weighted by Gasteiger charge is -2.01. The Morgan fingerprint density at radius 1 is 1.08 bits per heavy atom. The maximum Gasteiger partial charge on any atom is 0.277 e. The molecule has 1 heterocycles. The molecule has 0 unspecified atom stereocenters. The van der Waals surface area contributed by atoms with Crippen molar-refractivity contribution in [3.8, 4) is 5.75 Å². The molecule has 3 rings (SSSR count). The number of ether oxygens (including phenoxy) is 1. The zero-order valence-electron chi connectivity index (χ0n) is 12.5. The maximum absolute atomic E-state index is 12.8. The summed E-state index contributed by atoms with van der Waals surface area (Å²) in [6.07, 6.45) is 0. The molecule has 0 saturated heterocycles. The third-order valence-electron chi connectivity index (χ3n) is 3.05. The number of hydrogen-bond donors (Lipinski definition) is 0. The zero-order valence-corrected chi connectivity index (χ0v) is 13.3. The van der Waals surface area contributed by atoms with Crippen molar-refractivity contribution in [3.63, 3.8) is 0 Å². The average molecular weight is 344 g/mol. The highest BCUT2D eigenvalue weighted by atomic mass is 32.2. The van der Waals surface area contributed by atoms with Gasteiger partial charge in [0, 0.05) is 5.56 Å². The first kappa shape index (κ1) is 16.2. The number of benzene rings is 2. The van der Waals surface area contributed by atoms with Crippen LogP contribution in [0.4, 0.5) is 4.39 Å². The summed E-state index contributed by atoms with van der Waals surface area (Å²) in [4.78, 5) is 12.0. The maximum atomic E-state index is 12.8. The molecule has 0 radical (unpaired) electrons. The van der Waals surface area contributed by atoms with Crippen LogP contribution in [0.3, 0.4) is 0 Å². The predicted octanol–water partition coefficient (Wildman–Crippen LogP) is 3.76. The standard InChI is InChI=1S/C17H13FN2O3S/c18-13-8-6-12(7-9-13)15(21)11-24-17-20-19-16(23-17)10-22-14-4-2-1-3-5-14/h1-9H,10-11H2. The molecule has 3 aromatic rings. The number of Topliss-reactive ketones (excluding diaryl/α,β-unsaturated/α-hetero) is 1. The van der Waals surface area contributed by atoms with Gasteiger partial charge in [0.25, 0.3) is 11.1 Å². The number of rotatable bonds is 7. The highest BCUT2D eigenvalue weighted by Gasteiger charge is 2.12. The Bertz CT molecular complexity index is 806. The Morgan fingerprint density at radius 3 is 2.58 bits per heavy atom.